The zero-order valence-corrected chi connectivity index (χ0v) is 13.4. The van der Waals surface area contributed by atoms with E-state index in [2.05, 4.69) is 11.3 Å². The molecule has 1 heterocycles. The maximum absolute atomic E-state index is 13.0. The molecule has 0 radical (unpaired) electrons. The first-order valence-corrected chi connectivity index (χ1v) is 8.49. The molecule has 0 aliphatic carbocycles. The van der Waals surface area contributed by atoms with Gasteiger partial charge < -0.3 is 15.3 Å². The lowest BCUT2D eigenvalue weighted by atomic mass is 10.1. The topological polar surface area (TPSA) is 52.6 Å². The van der Waals surface area contributed by atoms with Crippen LogP contribution in [-0.4, -0.2) is 52.7 Å². The van der Waals surface area contributed by atoms with E-state index in [0.29, 0.717) is 18.0 Å². The fourth-order valence-electron chi connectivity index (χ4n) is 2.55. The van der Waals surface area contributed by atoms with Crippen molar-refractivity contribution in [2.75, 3.05) is 24.7 Å². The van der Waals surface area contributed by atoms with E-state index in [9.17, 15) is 9.18 Å². The average molecular weight is 324 g/mol. The van der Waals surface area contributed by atoms with Crippen molar-refractivity contribution in [3.05, 3.63) is 41.3 Å². The number of piperazine rings is 1. The van der Waals surface area contributed by atoms with Crippen LogP contribution >= 0.6 is 11.8 Å². The lowest BCUT2D eigenvalue weighted by Gasteiger charge is -2.41. The number of nitrogens with zero attached hydrogens (tertiary/aromatic N) is 1. The Hall–Kier alpha value is -1.33. The number of nitrogens with one attached hydrogen (secondary N) is 1. The molecule has 1 aromatic rings. The lowest BCUT2D eigenvalue weighted by molar-refractivity contribution is 0.200. The van der Waals surface area contributed by atoms with Crippen LogP contribution in [0.2, 0.25) is 0 Å². The van der Waals surface area contributed by atoms with Crippen LogP contribution in [0.25, 0.3) is 0 Å². The summed E-state index contributed by atoms with van der Waals surface area (Å²) in [6.45, 7) is 3.41. The summed E-state index contributed by atoms with van der Waals surface area (Å²) in [6, 6.07) is 6.44. The summed E-state index contributed by atoms with van der Waals surface area (Å²) in [7, 11) is 0. The molecule has 6 heteroatoms. The number of thioether (sulfide) groups is 1. The van der Waals surface area contributed by atoms with Crippen molar-refractivity contribution < 1.29 is 14.3 Å². The Morgan fingerprint density at radius 3 is 2.82 bits per heavy atom. The number of hydrogen-bond donors (Lipinski definition) is 2. The van der Waals surface area contributed by atoms with Gasteiger partial charge in [0.25, 0.3) is 0 Å². The number of carbonyl (C=O) groups excluding carboxylic acids is 1. The smallest absolute Gasteiger partial charge is 0.147 e. The summed E-state index contributed by atoms with van der Waals surface area (Å²) >= 11 is 1.66. The highest BCUT2D eigenvalue weighted by molar-refractivity contribution is 7.99. The third-order valence-electron chi connectivity index (χ3n) is 3.74. The monoisotopic (exact) mass is 324 g/mol. The zero-order valence-electron chi connectivity index (χ0n) is 12.6. The van der Waals surface area contributed by atoms with Crippen molar-refractivity contribution in [3.63, 3.8) is 0 Å². The molecule has 2 atom stereocenters. The van der Waals surface area contributed by atoms with Crippen molar-refractivity contribution in [1.82, 2.24) is 10.2 Å². The first-order valence-electron chi connectivity index (χ1n) is 7.33. The van der Waals surface area contributed by atoms with Gasteiger partial charge in [-0.2, -0.15) is 11.8 Å². The first-order chi connectivity index (χ1) is 10.7. The van der Waals surface area contributed by atoms with Gasteiger partial charge in [0.2, 0.25) is 0 Å². The van der Waals surface area contributed by atoms with Gasteiger partial charge in [-0.1, -0.05) is 12.1 Å². The minimum Gasteiger partial charge on any atom is -0.396 e. The van der Waals surface area contributed by atoms with Gasteiger partial charge in [-0.3, -0.25) is 0 Å². The number of rotatable bonds is 6. The molecule has 0 spiro atoms. The Balaban J connectivity index is 2.14. The normalized spacial score (nSPS) is 21.8. The van der Waals surface area contributed by atoms with Gasteiger partial charge in [0.1, 0.15) is 17.5 Å². The first kappa shape index (κ1) is 17.0. The van der Waals surface area contributed by atoms with E-state index in [4.69, 9.17) is 5.11 Å². The predicted octanol–water partition coefficient (Wildman–Crippen LogP) is 1.43. The van der Waals surface area contributed by atoms with Crippen LogP contribution in [0.5, 0.6) is 0 Å². The number of benzene rings is 1. The van der Waals surface area contributed by atoms with Crippen molar-refractivity contribution in [2.45, 2.75) is 25.6 Å². The molecular formula is C16H21FN2O2S. The maximum Gasteiger partial charge on any atom is 0.147 e. The van der Waals surface area contributed by atoms with Crippen LogP contribution in [-0.2, 0) is 11.3 Å². The highest BCUT2D eigenvalue weighted by atomic mass is 32.2. The quantitative estimate of drug-likeness (QED) is 0.612. The molecule has 1 aliphatic rings. The van der Waals surface area contributed by atoms with Crippen molar-refractivity contribution in [3.8, 4) is 0 Å². The van der Waals surface area contributed by atoms with Gasteiger partial charge in [0, 0.05) is 24.6 Å². The Morgan fingerprint density at radius 2 is 2.18 bits per heavy atom. The maximum atomic E-state index is 13.0. The van der Waals surface area contributed by atoms with Gasteiger partial charge in [-0.15, -0.1) is 0 Å². The zero-order chi connectivity index (χ0) is 15.9. The second-order valence-corrected chi connectivity index (χ2v) is 6.47. The largest absolute Gasteiger partial charge is 0.396 e. The molecule has 0 amide bonds. The number of aliphatic hydroxyl groups is 1. The fourth-order valence-corrected chi connectivity index (χ4v) is 3.41. The van der Waals surface area contributed by atoms with Crippen molar-refractivity contribution >= 4 is 17.7 Å². The van der Waals surface area contributed by atoms with Crippen LogP contribution in [0.4, 0.5) is 4.39 Å². The van der Waals surface area contributed by atoms with E-state index in [0.717, 1.165) is 17.9 Å². The van der Waals surface area contributed by atoms with Crippen molar-refractivity contribution in [1.29, 1.82) is 0 Å². The Labute approximate surface area is 134 Å². The van der Waals surface area contributed by atoms with Crippen LogP contribution in [0.3, 0.4) is 0 Å². The van der Waals surface area contributed by atoms with E-state index in [-0.39, 0.29) is 24.5 Å². The minimum atomic E-state index is -0.265. The van der Waals surface area contributed by atoms with Gasteiger partial charge in [-0.25, -0.2) is 9.18 Å². The van der Waals surface area contributed by atoms with Crippen LogP contribution in [0.1, 0.15) is 12.5 Å². The Morgan fingerprint density at radius 1 is 1.45 bits per heavy atom. The molecule has 0 aromatic heterocycles. The summed E-state index contributed by atoms with van der Waals surface area (Å²) in [6.07, 6.45) is 0. The van der Waals surface area contributed by atoms with E-state index in [1.165, 1.54) is 12.1 Å². The van der Waals surface area contributed by atoms with E-state index >= 15 is 0 Å². The third-order valence-corrected chi connectivity index (χ3v) is 4.83. The highest BCUT2D eigenvalue weighted by Gasteiger charge is 2.30. The molecule has 22 heavy (non-hydrogen) atoms. The van der Waals surface area contributed by atoms with Crippen LogP contribution in [0.15, 0.2) is 30.0 Å². The number of hydrogen-bond acceptors (Lipinski definition) is 5. The lowest BCUT2D eigenvalue weighted by Crippen LogP contribution is -2.54. The number of halogens is 1. The van der Waals surface area contributed by atoms with E-state index in [1.54, 1.807) is 23.9 Å². The summed E-state index contributed by atoms with van der Waals surface area (Å²) in [5.41, 5.74) is 1.56. The van der Waals surface area contributed by atoms with Gasteiger partial charge in [-0.05, 0) is 24.6 Å². The Bertz CT molecular complexity index is 531. The SMILES string of the molecule is CC1NCC(CSCCO)N(Cc2ccc(F)cc2)C1=C=O. The number of aliphatic hydroxyl groups excluding tert-OH is 1. The van der Waals surface area contributed by atoms with Gasteiger partial charge in [0.05, 0.1) is 18.7 Å². The molecule has 120 valence electrons. The van der Waals surface area contributed by atoms with Gasteiger partial charge in [0.15, 0.2) is 0 Å². The molecule has 0 saturated carbocycles. The highest BCUT2D eigenvalue weighted by Crippen LogP contribution is 2.22. The molecule has 1 aliphatic heterocycles. The fraction of sp³-hybridized carbons (Fsp3) is 0.500. The standard InChI is InChI=1S/C16H21FN2O2S/c1-12-16(10-21)19(9-13-2-4-14(17)5-3-13)15(8-18-12)11-22-7-6-20/h2-5,12,15,18,20H,6-9,11H2,1H3. The molecule has 0 bridgehead atoms. The van der Waals surface area contributed by atoms with Crippen molar-refractivity contribution in [2.24, 2.45) is 0 Å². The van der Waals surface area contributed by atoms with E-state index in [1.807, 2.05) is 11.8 Å². The molecular weight excluding hydrogens is 303 g/mol. The summed E-state index contributed by atoms with van der Waals surface area (Å²) in [5, 5.41) is 12.2. The minimum absolute atomic E-state index is 0.0444. The molecule has 2 unspecified atom stereocenters. The van der Waals surface area contributed by atoms with Gasteiger partial charge >= 0.3 is 0 Å². The summed E-state index contributed by atoms with van der Waals surface area (Å²) in [4.78, 5) is 13.4. The third kappa shape index (κ3) is 4.34. The molecule has 2 rings (SSSR count). The molecule has 4 nitrogen and oxygen atoms in total. The second kappa shape index (κ2) is 8.34. The molecule has 2 N–H and O–H groups in total. The summed E-state index contributed by atoms with van der Waals surface area (Å²) in [5.74, 6) is 3.28. The summed E-state index contributed by atoms with van der Waals surface area (Å²) < 4.78 is 13.0. The second-order valence-electron chi connectivity index (χ2n) is 5.32. The molecule has 1 fully saturated rings. The molecule has 1 aromatic carbocycles. The average Bonchev–Trinajstić information content (AvgIpc) is 2.52. The predicted molar refractivity (Wildman–Crippen MR) is 86.8 cm³/mol. The van der Waals surface area contributed by atoms with E-state index < -0.39 is 0 Å². The Kier molecular flexibility index (Phi) is 6.46. The van der Waals surface area contributed by atoms with Crippen LogP contribution in [0, 0.1) is 5.82 Å². The van der Waals surface area contributed by atoms with Crippen LogP contribution < -0.4 is 5.32 Å². The molecule has 1 saturated heterocycles.